The lowest BCUT2D eigenvalue weighted by Crippen LogP contribution is -2.43. The number of carbonyl (C=O) groups excluding carboxylic acids is 1. The lowest BCUT2D eigenvalue weighted by atomic mass is 10.6. The van der Waals surface area contributed by atoms with Gasteiger partial charge in [0.25, 0.3) is 0 Å². The van der Waals surface area contributed by atoms with Gasteiger partial charge >= 0.3 is 0 Å². The Morgan fingerprint density at radius 3 is 2.77 bits per heavy atom. The van der Waals surface area contributed by atoms with Crippen molar-refractivity contribution in [1.29, 1.82) is 0 Å². The zero-order valence-corrected chi connectivity index (χ0v) is 7.54. The number of hydrogen-bond acceptors (Lipinski definition) is 4. The molecule has 6 N–H and O–H groups in total. The Balaban J connectivity index is 3.73. The molecule has 0 heterocycles. The summed E-state index contributed by atoms with van der Waals surface area (Å²) >= 11 is 0. The Morgan fingerprint density at radius 2 is 2.31 bits per heavy atom. The average Bonchev–Trinajstić information content (AvgIpc) is 2.10. The quantitative estimate of drug-likeness (QED) is 0.126. The van der Waals surface area contributed by atoms with Crippen LogP contribution in [0.3, 0.4) is 0 Å². The first-order chi connectivity index (χ1) is 6.20. The number of nitrogens with one attached hydrogen (secondary N) is 2. The van der Waals surface area contributed by atoms with Crippen molar-refractivity contribution in [2.45, 2.75) is 0 Å². The van der Waals surface area contributed by atoms with Gasteiger partial charge in [-0.15, -0.1) is 0 Å². The third-order valence-electron chi connectivity index (χ3n) is 1.13. The predicted molar refractivity (Wildman–Crippen MR) is 48.7 cm³/mol. The summed E-state index contributed by atoms with van der Waals surface area (Å²) in [5, 5.41) is 2.81. The van der Waals surface area contributed by atoms with Crippen molar-refractivity contribution in [1.82, 2.24) is 10.7 Å². The molecule has 0 bridgehead atoms. The first-order valence-corrected chi connectivity index (χ1v) is 3.73. The summed E-state index contributed by atoms with van der Waals surface area (Å²) < 4.78 is 4.78. The molecule has 76 valence electrons. The standard InChI is InChI=1S/C6H15N5O2/c1-13-3-2-9-6(11-8)10-4-5(7)12/h2-4,8H2,1H3,(H2,7,12)(H2,9,10,11). The molecule has 0 aromatic heterocycles. The van der Waals surface area contributed by atoms with Gasteiger partial charge in [0.1, 0.15) is 6.54 Å². The Morgan fingerprint density at radius 1 is 1.62 bits per heavy atom. The van der Waals surface area contributed by atoms with Crippen LogP contribution >= 0.6 is 0 Å². The van der Waals surface area contributed by atoms with E-state index in [0.717, 1.165) is 0 Å². The van der Waals surface area contributed by atoms with E-state index in [4.69, 9.17) is 16.3 Å². The molecule has 0 aliphatic carbocycles. The van der Waals surface area contributed by atoms with E-state index in [2.05, 4.69) is 15.7 Å². The second-order valence-corrected chi connectivity index (χ2v) is 2.20. The molecule has 0 atom stereocenters. The lowest BCUT2D eigenvalue weighted by Gasteiger charge is -2.07. The molecule has 0 rings (SSSR count). The fourth-order valence-electron chi connectivity index (χ4n) is 0.581. The van der Waals surface area contributed by atoms with E-state index in [-0.39, 0.29) is 6.54 Å². The molecule has 0 saturated carbocycles. The fraction of sp³-hybridized carbons (Fsp3) is 0.667. The van der Waals surface area contributed by atoms with Gasteiger partial charge in [0.05, 0.1) is 6.61 Å². The third kappa shape index (κ3) is 7.04. The van der Waals surface area contributed by atoms with Gasteiger partial charge in [-0.1, -0.05) is 0 Å². The highest BCUT2D eigenvalue weighted by molar-refractivity contribution is 5.83. The van der Waals surface area contributed by atoms with Crippen LogP contribution in [0.15, 0.2) is 4.99 Å². The van der Waals surface area contributed by atoms with Crippen molar-refractivity contribution in [3.8, 4) is 0 Å². The molecule has 0 aliphatic rings. The maximum absolute atomic E-state index is 10.3. The van der Waals surface area contributed by atoms with Crippen LogP contribution in [-0.2, 0) is 9.53 Å². The Labute approximate surface area is 76.5 Å². The van der Waals surface area contributed by atoms with Gasteiger partial charge in [-0.2, -0.15) is 0 Å². The molecule has 0 unspecified atom stereocenters. The van der Waals surface area contributed by atoms with Gasteiger partial charge in [-0.05, 0) is 0 Å². The maximum Gasteiger partial charge on any atom is 0.239 e. The monoisotopic (exact) mass is 189 g/mol. The van der Waals surface area contributed by atoms with Crippen LogP contribution in [0, 0.1) is 0 Å². The minimum atomic E-state index is -0.513. The molecule has 0 spiro atoms. The maximum atomic E-state index is 10.3. The second-order valence-electron chi connectivity index (χ2n) is 2.20. The van der Waals surface area contributed by atoms with E-state index in [9.17, 15) is 4.79 Å². The first kappa shape index (κ1) is 11.7. The molecule has 0 saturated heterocycles. The summed E-state index contributed by atoms with van der Waals surface area (Å²) in [6.45, 7) is 0.981. The van der Waals surface area contributed by atoms with Crippen LogP contribution in [0.1, 0.15) is 0 Å². The minimum Gasteiger partial charge on any atom is -0.383 e. The third-order valence-corrected chi connectivity index (χ3v) is 1.13. The molecule has 0 aromatic rings. The van der Waals surface area contributed by atoms with Crippen LogP contribution in [-0.4, -0.2) is 38.7 Å². The minimum absolute atomic E-state index is 0.0977. The summed E-state index contributed by atoms with van der Waals surface area (Å²) in [4.78, 5) is 14.1. The van der Waals surface area contributed by atoms with Crippen molar-refractivity contribution in [2.24, 2.45) is 16.6 Å². The van der Waals surface area contributed by atoms with Crippen LogP contribution in [0.4, 0.5) is 0 Å². The molecular weight excluding hydrogens is 174 g/mol. The molecule has 0 fully saturated rings. The van der Waals surface area contributed by atoms with Gasteiger partial charge < -0.3 is 15.8 Å². The number of methoxy groups -OCH3 is 1. The highest BCUT2D eigenvalue weighted by Gasteiger charge is 1.95. The highest BCUT2D eigenvalue weighted by Crippen LogP contribution is 1.71. The summed E-state index contributed by atoms with van der Waals surface area (Å²) in [5.41, 5.74) is 7.18. The van der Waals surface area contributed by atoms with E-state index < -0.39 is 5.91 Å². The normalized spacial score (nSPS) is 11.1. The van der Waals surface area contributed by atoms with E-state index in [0.29, 0.717) is 19.1 Å². The van der Waals surface area contributed by atoms with Crippen molar-refractivity contribution in [2.75, 3.05) is 26.8 Å². The zero-order valence-electron chi connectivity index (χ0n) is 7.54. The highest BCUT2D eigenvalue weighted by atomic mass is 16.5. The van der Waals surface area contributed by atoms with Gasteiger partial charge in [0.15, 0.2) is 0 Å². The van der Waals surface area contributed by atoms with Crippen LogP contribution in [0.25, 0.3) is 0 Å². The SMILES string of the molecule is COCCNC(=NCC(N)=O)NN. The van der Waals surface area contributed by atoms with Crippen molar-refractivity contribution in [3.63, 3.8) is 0 Å². The van der Waals surface area contributed by atoms with E-state index in [1.807, 2.05) is 0 Å². The molecule has 0 aliphatic heterocycles. The second kappa shape index (κ2) is 7.32. The average molecular weight is 189 g/mol. The summed E-state index contributed by atoms with van der Waals surface area (Å²) in [6, 6.07) is 0. The molecule has 7 heteroatoms. The Bertz CT molecular complexity index is 182. The van der Waals surface area contributed by atoms with Crippen molar-refractivity contribution >= 4 is 11.9 Å². The van der Waals surface area contributed by atoms with E-state index in [1.165, 1.54) is 0 Å². The van der Waals surface area contributed by atoms with Gasteiger partial charge in [0.2, 0.25) is 11.9 Å². The summed E-state index contributed by atoms with van der Waals surface area (Å²) in [6.07, 6.45) is 0. The van der Waals surface area contributed by atoms with Crippen LogP contribution in [0.5, 0.6) is 0 Å². The van der Waals surface area contributed by atoms with Gasteiger partial charge in [0, 0.05) is 13.7 Å². The Kier molecular flexibility index (Phi) is 6.56. The topological polar surface area (TPSA) is 115 Å². The first-order valence-electron chi connectivity index (χ1n) is 3.73. The number of guanidine groups is 1. The van der Waals surface area contributed by atoms with E-state index >= 15 is 0 Å². The summed E-state index contributed by atoms with van der Waals surface area (Å²) in [7, 11) is 1.58. The molecule has 0 aromatic carbocycles. The molecule has 7 nitrogen and oxygen atoms in total. The van der Waals surface area contributed by atoms with E-state index in [1.54, 1.807) is 7.11 Å². The summed E-state index contributed by atoms with van der Waals surface area (Å²) in [5.74, 6) is 4.91. The predicted octanol–water partition coefficient (Wildman–Crippen LogP) is -2.47. The lowest BCUT2D eigenvalue weighted by molar-refractivity contribution is -0.116. The zero-order chi connectivity index (χ0) is 10.1. The number of nitrogens with zero attached hydrogens (tertiary/aromatic N) is 1. The fourth-order valence-corrected chi connectivity index (χ4v) is 0.581. The van der Waals surface area contributed by atoms with Crippen molar-refractivity contribution < 1.29 is 9.53 Å². The number of nitrogens with two attached hydrogens (primary N) is 2. The number of primary amides is 1. The number of aliphatic imine (C=N–C) groups is 1. The van der Waals surface area contributed by atoms with Crippen LogP contribution in [0.2, 0.25) is 0 Å². The number of hydrazine groups is 1. The smallest absolute Gasteiger partial charge is 0.239 e. The number of ether oxygens (including phenoxy) is 1. The van der Waals surface area contributed by atoms with Crippen molar-refractivity contribution in [3.05, 3.63) is 0 Å². The van der Waals surface area contributed by atoms with Gasteiger partial charge in [-0.25, -0.2) is 10.8 Å². The number of hydrogen-bond donors (Lipinski definition) is 4. The number of amides is 1. The number of rotatable bonds is 5. The number of carbonyl (C=O) groups is 1. The molecule has 1 amide bonds. The largest absolute Gasteiger partial charge is 0.383 e. The molecule has 0 radical (unpaired) electrons. The van der Waals surface area contributed by atoms with Crippen LogP contribution < -0.4 is 22.3 Å². The molecular formula is C6H15N5O2. The van der Waals surface area contributed by atoms with Gasteiger partial charge in [-0.3, -0.25) is 10.2 Å². The Hall–Kier alpha value is -1.34. The molecule has 13 heavy (non-hydrogen) atoms.